The summed E-state index contributed by atoms with van der Waals surface area (Å²) in [5, 5.41) is 6.30. The first kappa shape index (κ1) is 34.2. The van der Waals surface area contributed by atoms with Crippen LogP contribution >= 0.6 is 0 Å². The lowest BCUT2D eigenvalue weighted by Gasteiger charge is -2.21. The third-order valence-corrected chi connectivity index (χ3v) is 7.26. The molecule has 1 fully saturated rings. The Hall–Kier alpha value is -3.27. The Morgan fingerprint density at radius 1 is 0.837 bits per heavy atom. The molecule has 3 rings (SSSR count). The molecule has 43 heavy (non-hydrogen) atoms. The zero-order chi connectivity index (χ0) is 30.9. The van der Waals surface area contributed by atoms with Crippen molar-refractivity contribution < 1.29 is 28.7 Å². The van der Waals surface area contributed by atoms with Gasteiger partial charge in [-0.2, -0.15) is 0 Å². The van der Waals surface area contributed by atoms with E-state index in [-0.39, 0.29) is 23.9 Å². The van der Waals surface area contributed by atoms with Crippen LogP contribution < -0.4 is 16.1 Å². The number of esters is 1. The predicted molar refractivity (Wildman–Crippen MR) is 167 cm³/mol. The van der Waals surface area contributed by atoms with Crippen molar-refractivity contribution in [3.8, 4) is 0 Å². The fourth-order valence-corrected chi connectivity index (χ4v) is 4.86. The average molecular weight is 596 g/mol. The Morgan fingerprint density at radius 2 is 1.49 bits per heavy atom. The zero-order valence-corrected chi connectivity index (χ0v) is 25.9. The summed E-state index contributed by atoms with van der Waals surface area (Å²) < 4.78 is 11.2. The summed E-state index contributed by atoms with van der Waals surface area (Å²) in [4.78, 5) is 42.5. The van der Waals surface area contributed by atoms with E-state index in [9.17, 15) is 14.4 Å². The second-order valence-electron chi connectivity index (χ2n) is 11.7. The van der Waals surface area contributed by atoms with Gasteiger partial charge in [0, 0.05) is 25.1 Å². The number of unbranched alkanes of at least 4 members (excludes halogenated alkanes) is 3. The largest absolute Gasteiger partial charge is 0.461 e. The second kappa shape index (κ2) is 19.1. The molecule has 2 unspecified atom stereocenters. The number of carbonyl (C=O) groups excluding carboxylic acids is 3. The summed E-state index contributed by atoms with van der Waals surface area (Å²) >= 11 is 0. The zero-order valence-electron chi connectivity index (χ0n) is 25.9. The van der Waals surface area contributed by atoms with Gasteiger partial charge in [0.25, 0.3) is 0 Å². The molecule has 1 aliphatic rings. The van der Waals surface area contributed by atoms with Crippen LogP contribution in [-0.2, 0) is 35.2 Å². The molecular formula is C34H49N3O6. The van der Waals surface area contributed by atoms with E-state index in [4.69, 9.17) is 14.3 Å². The molecule has 2 amide bonds. The van der Waals surface area contributed by atoms with Crippen molar-refractivity contribution in [1.82, 2.24) is 10.8 Å². The molecule has 0 aliphatic heterocycles. The van der Waals surface area contributed by atoms with E-state index in [0.29, 0.717) is 31.9 Å². The maximum absolute atomic E-state index is 13.0. The van der Waals surface area contributed by atoms with Crippen LogP contribution in [0, 0.1) is 5.92 Å². The summed E-state index contributed by atoms with van der Waals surface area (Å²) in [6.07, 6.45) is 7.62. The maximum atomic E-state index is 13.0. The lowest BCUT2D eigenvalue weighted by molar-refractivity contribution is -0.183. The molecule has 0 spiro atoms. The fourth-order valence-electron chi connectivity index (χ4n) is 4.86. The van der Waals surface area contributed by atoms with Crippen molar-refractivity contribution in [1.29, 1.82) is 0 Å². The normalized spacial score (nSPS) is 14.8. The van der Waals surface area contributed by atoms with Gasteiger partial charge in [0.2, 0.25) is 11.8 Å². The number of nitrogens with one attached hydrogen (secondary N) is 3. The highest BCUT2D eigenvalue weighted by Gasteiger charge is 2.26. The number of benzene rings is 2. The molecule has 0 radical (unpaired) electrons. The van der Waals surface area contributed by atoms with Gasteiger partial charge >= 0.3 is 5.97 Å². The van der Waals surface area contributed by atoms with Crippen LogP contribution in [0.25, 0.3) is 0 Å². The molecule has 0 heterocycles. The highest BCUT2D eigenvalue weighted by atomic mass is 16.8. The van der Waals surface area contributed by atoms with E-state index < -0.39 is 12.3 Å². The lowest BCUT2D eigenvalue weighted by Crippen LogP contribution is -2.32. The van der Waals surface area contributed by atoms with Crippen LogP contribution in [0.4, 0.5) is 5.69 Å². The van der Waals surface area contributed by atoms with Crippen molar-refractivity contribution in [3.05, 3.63) is 65.7 Å². The quantitative estimate of drug-likeness (QED) is 0.0750. The van der Waals surface area contributed by atoms with E-state index in [0.717, 1.165) is 68.2 Å². The Labute approximate surface area is 256 Å². The number of amides is 2. The maximum Gasteiger partial charge on any atom is 0.328 e. The van der Waals surface area contributed by atoms with E-state index in [2.05, 4.69) is 16.1 Å². The molecule has 3 N–H and O–H groups in total. The molecule has 2 atom stereocenters. The molecule has 0 bridgehead atoms. The first-order chi connectivity index (χ1) is 20.8. The third kappa shape index (κ3) is 13.7. The van der Waals surface area contributed by atoms with E-state index in [1.54, 1.807) is 6.92 Å². The summed E-state index contributed by atoms with van der Waals surface area (Å²) in [6.45, 7) is 6.91. The third-order valence-electron chi connectivity index (χ3n) is 7.26. The monoisotopic (exact) mass is 595 g/mol. The molecular weight excluding hydrogens is 546 g/mol. The molecule has 0 saturated heterocycles. The number of carbonyl (C=O) groups is 3. The number of hydrogen-bond donors (Lipinski definition) is 3. The topological polar surface area (TPSA) is 115 Å². The minimum absolute atomic E-state index is 0.0130. The molecule has 2 aromatic carbocycles. The SMILES string of the molecule is CC(C)COC(C)ONC(=O)CCCCCCC(=O)Nc1ccc(CNC(C(=O)OC2CCCC2)c2ccccc2)cc1. The summed E-state index contributed by atoms with van der Waals surface area (Å²) in [5.41, 5.74) is 5.04. The van der Waals surface area contributed by atoms with Gasteiger partial charge in [-0.1, -0.05) is 69.2 Å². The van der Waals surface area contributed by atoms with Gasteiger partial charge in [-0.25, -0.2) is 15.1 Å². The second-order valence-corrected chi connectivity index (χ2v) is 11.7. The summed E-state index contributed by atoms with van der Waals surface area (Å²) in [7, 11) is 0. The van der Waals surface area contributed by atoms with Crippen molar-refractivity contribution in [2.75, 3.05) is 11.9 Å². The molecule has 1 aliphatic carbocycles. The van der Waals surface area contributed by atoms with Gasteiger partial charge < -0.3 is 14.8 Å². The number of ether oxygens (including phenoxy) is 2. The van der Waals surface area contributed by atoms with Gasteiger partial charge in [-0.3, -0.25) is 14.9 Å². The Balaban J connectivity index is 1.31. The Bertz CT molecular complexity index is 1100. The van der Waals surface area contributed by atoms with Crippen LogP contribution in [0.1, 0.15) is 102 Å². The highest BCUT2D eigenvalue weighted by molar-refractivity contribution is 5.90. The standard InChI is InChI=1S/C34H49N3O6/c1-25(2)24-41-26(3)43-37-32(39)18-10-5-4-9-17-31(38)36-29-21-19-27(20-22-29)23-35-33(28-13-7-6-8-14-28)34(40)42-30-15-11-12-16-30/h6-8,13-14,19-22,25-26,30,33,35H,4-5,9-12,15-18,23-24H2,1-3H3,(H,36,38)(H,37,39). The minimum atomic E-state index is -0.540. The molecule has 0 aromatic heterocycles. The van der Waals surface area contributed by atoms with Crippen LogP contribution in [0.5, 0.6) is 0 Å². The van der Waals surface area contributed by atoms with E-state index in [1.807, 2.05) is 68.4 Å². The van der Waals surface area contributed by atoms with E-state index >= 15 is 0 Å². The predicted octanol–water partition coefficient (Wildman–Crippen LogP) is 6.35. The lowest BCUT2D eigenvalue weighted by atomic mass is 10.1. The van der Waals surface area contributed by atoms with Gasteiger partial charge in [0.1, 0.15) is 12.1 Å². The molecule has 236 valence electrons. The number of hydrogen-bond acceptors (Lipinski definition) is 7. The molecule has 1 saturated carbocycles. The summed E-state index contributed by atoms with van der Waals surface area (Å²) in [5.74, 6) is -0.0463. The fraction of sp³-hybridized carbons (Fsp3) is 0.559. The first-order valence-electron chi connectivity index (χ1n) is 15.7. The molecule has 9 nitrogen and oxygen atoms in total. The van der Waals surface area contributed by atoms with Crippen LogP contribution in [0.2, 0.25) is 0 Å². The smallest absolute Gasteiger partial charge is 0.328 e. The highest BCUT2D eigenvalue weighted by Crippen LogP contribution is 2.24. The van der Waals surface area contributed by atoms with Crippen molar-refractivity contribution in [3.63, 3.8) is 0 Å². The molecule has 2 aromatic rings. The van der Waals surface area contributed by atoms with Gasteiger partial charge in [-0.15, -0.1) is 0 Å². The first-order valence-corrected chi connectivity index (χ1v) is 15.7. The average Bonchev–Trinajstić information content (AvgIpc) is 3.51. The van der Waals surface area contributed by atoms with Crippen LogP contribution in [-0.4, -0.2) is 36.8 Å². The number of rotatable bonds is 19. The molecule has 9 heteroatoms. The van der Waals surface area contributed by atoms with Gasteiger partial charge in [0.15, 0.2) is 6.29 Å². The Kier molecular flexibility index (Phi) is 15.2. The number of hydroxylamine groups is 1. The van der Waals surface area contributed by atoms with Crippen LogP contribution in [0.15, 0.2) is 54.6 Å². The van der Waals surface area contributed by atoms with Gasteiger partial charge in [0.05, 0.1) is 6.61 Å². The Morgan fingerprint density at radius 3 is 2.14 bits per heavy atom. The van der Waals surface area contributed by atoms with Gasteiger partial charge in [-0.05, 0) is 74.6 Å². The van der Waals surface area contributed by atoms with E-state index in [1.165, 1.54) is 0 Å². The van der Waals surface area contributed by atoms with Crippen molar-refractivity contribution in [2.45, 2.75) is 110 Å². The van der Waals surface area contributed by atoms with Crippen molar-refractivity contribution >= 4 is 23.5 Å². The van der Waals surface area contributed by atoms with Crippen molar-refractivity contribution in [2.24, 2.45) is 5.92 Å². The minimum Gasteiger partial charge on any atom is -0.461 e. The van der Waals surface area contributed by atoms with Crippen LogP contribution in [0.3, 0.4) is 0 Å². The number of anilines is 1. The summed E-state index contributed by atoms with van der Waals surface area (Å²) in [6, 6.07) is 16.7.